The quantitative estimate of drug-likeness (QED) is 0.0158. The van der Waals surface area contributed by atoms with E-state index in [2.05, 4.69) is 51.2 Å². The molecule has 0 saturated carbocycles. The molecular formula is C40H40N12Na4O16S4. The predicted molar refractivity (Wildman–Crippen MR) is 252 cm³/mol. The van der Waals surface area contributed by atoms with E-state index in [1.807, 2.05) is 0 Å². The van der Waals surface area contributed by atoms with Gasteiger partial charge in [-0.3, -0.25) is 0 Å². The first-order valence-corrected chi connectivity index (χ1v) is 26.1. The Morgan fingerprint density at radius 3 is 0.908 bits per heavy atom. The van der Waals surface area contributed by atoms with E-state index in [0.29, 0.717) is 0 Å². The number of aliphatic hydroxyl groups is 4. The molecular weight excluding hydrogens is 1120 g/mol. The minimum atomic E-state index is -5.30. The van der Waals surface area contributed by atoms with Crippen LogP contribution in [-0.4, -0.2) is 155 Å². The van der Waals surface area contributed by atoms with Crippen LogP contribution in [0.15, 0.2) is 105 Å². The Bertz CT molecular complexity index is 3180. The van der Waals surface area contributed by atoms with Crippen molar-refractivity contribution in [3.05, 3.63) is 96.1 Å². The van der Waals surface area contributed by atoms with E-state index in [9.17, 15) is 72.3 Å². The summed E-state index contributed by atoms with van der Waals surface area (Å²) in [6, 6.07) is 15.9. The molecule has 76 heavy (non-hydrogen) atoms. The van der Waals surface area contributed by atoms with Crippen LogP contribution in [0.1, 0.15) is 11.1 Å². The summed E-state index contributed by atoms with van der Waals surface area (Å²) in [6.07, 6.45) is 2.12. The van der Waals surface area contributed by atoms with Gasteiger partial charge in [0.25, 0.3) is 0 Å². The van der Waals surface area contributed by atoms with Crippen LogP contribution in [-0.2, 0) is 40.5 Å². The van der Waals surface area contributed by atoms with Crippen LogP contribution in [0.3, 0.4) is 0 Å². The van der Waals surface area contributed by atoms with Crippen LogP contribution in [0.5, 0.6) is 0 Å². The van der Waals surface area contributed by atoms with Crippen molar-refractivity contribution < 1.29 is 191 Å². The molecule has 0 amide bonds. The maximum Gasteiger partial charge on any atom is 1.00 e. The van der Waals surface area contributed by atoms with Crippen molar-refractivity contribution in [2.24, 2.45) is 0 Å². The van der Waals surface area contributed by atoms with Gasteiger partial charge in [0.1, 0.15) is 40.5 Å². The maximum atomic E-state index is 12.6. The molecule has 2 aromatic heterocycles. The molecule has 4 aromatic carbocycles. The third-order valence-electron chi connectivity index (χ3n) is 9.61. The summed E-state index contributed by atoms with van der Waals surface area (Å²) in [5, 5.41) is 49.6. The van der Waals surface area contributed by atoms with Crippen LogP contribution in [0.25, 0.3) is 12.2 Å². The van der Waals surface area contributed by atoms with Crippen molar-refractivity contribution in [2.45, 2.75) is 19.6 Å². The van der Waals surface area contributed by atoms with Crippen molar-refractivity contribution in [2.75, 3.05) is 83.7 Å². The van der Waals surface area contributed by atoms with E-state index in [1.54, 1.807) is 0 Å². The molecule has 2 heterocycles. The van der Waals surface area contributed by atoms with Gasteiger partial charge in [-0.2, -0.15) is 29.9 Å². The summed E-state index contributed by atoms with van der Waals surface area (Å²) in [5.41, 5.74) is -0.253. The van der Waals surface area contributed by atoms with Gasteiger partial charge < -0.3 is 69.7 Å². The summed E-state index contributed by atoms with van der Waals surface area (Å²) < 4.78 is 144. The molecule has 0 fully saturated rings. The third kappa shape index (κ3) is 19.9. The second-order valence-electron chi connectivity index (χ2n) is 14.6. The number of nitrogens with one attached hydrogen (secondary N) is 4. The zero-order valence-corrected chi connectivity index (χ0v) is 52.1. The predicted octanol–water partition coefficient (Wildman–Crippen LogP) is -11.6. The van der Waals surface area contributed by atoms with E-state index in [0.717, 1.165) is 48.6 Å². The maximum absolute atomic E-state index is 12.6. The fourth-order valence-electron chi connectivity index (χ4n) is 6.38. The average Bonchev–Trinajstić information content (AvgIpc) is 3.30. The average molecular weight is 1170 g/mol. The van der Waals surface area contributed by atoms with Crippen molar-refractivity contribution in [3.8, 4) is 0 Å². The zero-order chi connectivity index (χ0) is 52.4. The summed E-state index contributed by atoms with van der Waals surface area (Å²) >= 11 is 0. The number of aromatic nitrogens is 6. The number of anilines is 10. The number of nitrogens with zero attached hydrogens (tertiary/aromatic N) is 8. The van der Waals surface area contributed by atoms with E-state index in [-0.39, 0.29) is 214 Å². The van der Waals surface area contributed by atoms with Crippen molar-refractivity contribution in [1.82, 2.24) is 29.9 Å². The van der Waals surface area contributed by atoms with Gasteiger partial charge in [-0.15, -0.1) is 0 Å². The molecule has 0 unspecified atom stereocenters. The van der Waals surface area contributed by atoms with Gasteiger partial charge in [-0.25, -0.2) is 33.7 Å². The van der Waals surface area contributed by atoms with Gasteiger partial charge in [0.15, 0.2) is 0 Å². The second-order valence-corrected chi connectivity index (χ2v) is 20.1. The van der Waals surface area contributed by atoms with Gasteiger partial charge in [0.05, 0.1) is 46.0 Å². The van der Waals surface area contributed by atoms with E-state index < -0.39 is 86.5 Å². The number of hydrogen-bond donors (Lipinski definition) is 8. The molecule has 0 aliphatic rings. The van der Waals surface area contributed by atoms with Crippen LogP contribution in [0.2, 0.25) is 0 Å². The largest absolute Gasteiger partial charge is 1.00 e. The zero-order valence-electron chi connectivity index (χ0n) is 40.8. The molecule has 384 valence electrons. The van der Waals surface area contributed by atoms with E-state index in [4.69, 9.17) is 0 Å². The smallest absolute Gasteiger partial charge is 0.744 e. The molecule has 8 N–H and O–H groups in total. The molecule has 6 rings (SSSR count). The third-order valence-corrected chi connectivity index (χ3v) is 13.1. The van der Waals surface area contributed by atoms with E-state index in [1.165, 1.54) is 58.3 Å². The van der Waals surface area contributed by atoms with Crippen LogP contribution in [0, 0.1) is 0 Å². The van der Waals surface area contributed by atoms with Gasteiger partial charge in [-0.1, -0.05) is 24.3 Å². The van der Waals surface area contributed by atoms with Crippen LogP contribution >= 0.6 is 0 Å². The van der Waals surface area contributed by atoms with Crippen LogP contribution in [0.4, 0.5) is 58.4 Å². The molecule has 0 bridgehead atoms. The molecule has 0 aliphatic heterocycles. The van der Waals surface area contributed by atoms with Gasteiger partial charge in [-0.05, 0) is 83.9 Å². The molecule has 36 heteroatoms. The van der Waals surface area contributed by atoms with Crippen LogP contribution < -0.4 is 149 Å². The molecule has 0 atom stereocenters. The molecule has 0 aliphatic carbocycles. The molecule has 0 saturated heterocycles. The summed E-state index contributed by atoms with van der Waals surface area (Å²) in [6.45, 7) is -1.84. The number of benzene rings is 4. The molecule has 0 radical (unpaired) electrons. The molecule has 0 spiro atoms. The molecule has 6 aromatic rings. The number of aliphatic hydroxyl groups excluding tert-OH is 4. The van der Waals surface area contributed by atoms with Gasteiger partial charge >= 0.3 is 118 Å². The first kappa shape index (κ1) is 69.0. The fraction of sp³-hybridized carbons (Fsp3) is 0.200. The Labute approximate surface area is 524 Å². The SMILES string of the molecule is O=S(=O)([O-])c1ccc(Nc2nc(Nc3ccc(/C=C/c4ccc(Nc5nc(Nc6ccc(S(=O)(=O)[O-])cc6)nc(N(CCO)CCO)n5)cc4S(=O)(=O)[O-])c(S(=O)(=O)[O-])c3)nc(N(CCO)CCO)n2)cc1.[Na+].[Na+].[Na+].[Na+]. The van der Waals surface area contributed by atoms with E-state index >= 15 is 0 Å². The van der Waals surface area contributed by atoms with Crippen molar-refractivity contribution in [1.29, 1.82) is 0 Å². The second kappa shape index (κ2) is 30.5. The monoisotopic (exact) mass is 1160 g/mol. The number of hydrogen-bond acceptors (Lipinski definition) is 28. The first-order valence-electron chi connectivity index (χ1n) is 20.5. The number of rotatable bonds is 24. The van der Waals surface area contributed by atoms with Crippen molar-refractivity contribution in [3.63, 3.8) is 0 Å². The van der Waals surface area contributed by atoms with Gasteiger partial charge in [0, 0.05) is 48.9 Å². The first-order chi connectivity index (χ1) is 34.0. The normalized spacial score (nSPS) is 11.5. The Hall–Kier alpha value is -3.08. The minimum Gasteiger partial charge on any atom is -0.744 e. The Morgan fingerprint density at radius 2 is 0.658 bits per heavy atom. The summed E-state index contributed by atoms with van der Waals surface area (Å²) in [4.78, 5) is 25.7. The summed E-state index contributed by atoms with van der Waals surface area (Å²) in [5.74, 6) is -1.12. The fourth-order valence-corrected chi connectivity index (χ4v) is 8.71. The Kier molecular flexibility index (Phi) is 27.7. The molecule has 28 nitrogen and oxygen atoms in total. The van der Waals surface area contributed by atoms with Crippen molar-refractivity contribution >= 4 is 111 Å². The summed E-state index contributed by atoms with van der Waals surface area (Å²) in [7, 11) is -20.1. The topological polar surface area (TPSA) is 442 Å². The minimum absolute atomic E-state index is 0. The Balaban J connectivity index is 0.00000494. The standard InChI is InChI=1S/C40H44N12O16S4.4Na/c53-19-15-51(16-20-54)39-47-35(41-27-7-11-31(12-8-27)69(57,58)59)45-37(49-39)43-29-5-3-25(33(23-29)71(63,64)65)1-2-26-4-6-30(24-34(26)72(66,67)68)44-38-46-36(48-40(50-38)52(17-21-55)18-22-56)42-28-9-13-32(14-10-28)70(60,61)62;;;;/h1-14,23-24,53-56H,15-22H2,(H,57,58,59)(H,60,61,62)(H,63,64,65)(H,66,67,68)(H2,41,43,45,47,49)(H2,42,44,46,48,50);;;;/q;4*+1/p-4/b2-1+;;;;. The van der Waals surface area contributed by atoms with Gasteiger partial charge in [0.2, 0.25) is 35.7 Å². The Morgan fingerprint density at radius 1 is 0.395 bits per heavy atom.